The molecule has 2 unspecified atom stereocenters. The fraction of sp³-hybridized carbons (Fsp3) is 0.318. The molecule has 0 radical (unpaired) electrons. The molecule has 0 amide bonds. The standard InChI is InChI=1S/C22H22O6/c1-26-20(23)15-8-4-13(5-9-15)17-12-18(19(17)22(25)28-3)14-6-10-16(11-7-14)21(24)27-2/h4-11,17-19H,12H2,1-3H3. The van der Waals surface area contributed by atoms with E-state index in [1.165, 1.54) is 21.3 Å². The van der Waals surface area contributed by atoms with Crippen LogP contribution in [0.1, 0.15) is 50.1 Å². The predicted molar refractivity (Wildman–Crippen MR) is 101 cm³/mol. The van der Waals surface area contributed by atoms with Crippen molar-refractivity contribution in [2.45, 2.75) is 18.3 Å². The van der Waals surface area contributed by atoms with Crippen LogP contribution in [0.4, 0.5) is 0 Å². The topological polar surface area (TPSA) is 78.9 Å². The van der Waals surface area contributed by atoms with Crippen molar-refractivity contribution < 1.29 is 28.6 Å². The lowest BCUT2D eigenvalue weighted by Crippen LogP contribution is -2.39. The molecule has 6 nitrogen and oxygen atoms in total. The van der Waals surface area contributed by atoms with E-state index in [1.807, 2.05) is 24.3 Å². The molecule has 0 N–H and O–H groups in total. The van der Waals surface area contributed by atoms with Crippen LogP contribution in [0.2, 0.25) is 0 Å². The lowest BCUT2D eigenvalue weighted by atomic mass is 9.60. The molecule has 2 aromatic rings. The zero-order valence-corrected chi connectivity index (χ0v) is 16.0. The van der Waals surface area contributed by atoms with E-state index in [0.29, 0.717) is 11.1 Å². The Balaban J connectivity index is 1.81. The summed E-state index contributed by atoms with van der Waals surface area (Å²) in [5.41, 5.74) is 2.89. The number of esters is 3. The number of rotatable bonds is 5. The van der Waals surface area contributed by atoms with Gasteiger partial charge in [0.2, 0.25) is 0 Å². The van der Waals surface area contributed by atoms with Crippen LogP contribution >= 0.6 is 0 Å². The molecule has 6 heteroatoms. The van der Waals surface area contributed by atoms with Crippen LogP contribution in [0.25, 0.3) is 0 Å². The Hall–Kier alpha value is -3.15. The summed E-state index contributed by atoms with van der Waals surface area (Å²) >= 11 is 0. The van der Waals surface area contributed by atoms with Gasteiger partial charge in [0.05, 0.1) is 38.4 Å². The van der Waals surface area contributed by atoms with Crippen molar-refractivity contribution in [3.63, 3.8) is 0 Å². The van der Waals surface area contributed by atoms with Crippen LogP contribution in [0.15, 0.2) is 48.5 Å². The SMILES string of the molecule is COC(=O)c1ccc(C2CC(c3ccc(C(=O)OC)cc3)C2C(=O)OC)cc1. The van der Waals surface area contributed by atoms with Crippen molar-refractivity contribution in [1.82, 2.24) is 0 Å². The summed E-state index contributed by atoms with van der Waals surface area (Å²) in [5.74, 6) is -1.37. The zero-order valence-electron chi connectivity index (χ0n) is 16.0. The highest BCUT2D eigenvalue weighted by Crippen LogP contribution is 2.53. The fourth-order valence-corrected chi connectivity index (χ4v) is 3.77. The van der Waals surface area contributed by atoms with Crippen molar-refractivity contribution in [2.75, 3.05) is 21.3 Å². The van der Waals surface area contributed by atoms with Crippen LogP contribution in [-0.2, 0) is 19.0 Å². The van der Waals surface area contributed by atoms with Gasteiger partial charge in [-0.2, -0.15) is 0 Å². The maximum absolute atomic E-state index is 12.4. The second-order valence-electron chi connectivity index (χ2n) is 6.72. The van der Waals surface area contributed by atoms with Crippen LogP contribution in [-0.4, -0.2) is 39.2 Å². The number of hydrogen-bond acceptors (Lipinski definition) is 6. The van der Waals surface area contributed by atoms with Crippen LogP contribution < -0.4 is 0 Å². The second-order valence-corrected chi connectivity index (χ2v) is 6.72. The monoisotopic (exact) mass is 382 g/mol. The Morgan fingerprint density at radius 2 is 1.07 bits per heavy atom. The van der Waals surface area contributed by atoms with Gasteiger partial charge in [-0.3, -0.25) is 4.79 Å². The predicted octanol–water partition coefficient (Wildman–Crippen LogP) is 3.32. The Morgan fingerprint density at radius 1 is 0.679 bits per heavy atom. The van der Waals surface area contributed by atoms with E-state index in [2.05, 4.69) is 0 Å². The van der Waals surface area contributed by atoms with Gasteiger partial charge >= 0.3 is 17.9 Å². The molecule has 28 heavy (non-hydrogen) atoms. The first-order valence-electron chi connectivity index (χ1n) is 8.94. The Kier molecular flexibility index (Phi) is 5.78. The average Bonchev–Trinajstić information content (AvgIpc) is 2.72. The van der Waals surface area contributed by atoms with Gasteiger partial charge in [0.25, 0.3) is 0 Å². The zero-order chi connectivity index (χ0) is 20.3. The molecule has 0 heterocycles. The number of carbonyl (C=O) groups is 3. The Bertz CT molecular complexity index is 803. The van der Waals surface area contributed by atoms with Gasteiger partial charge in [0.15, 0.2) is 0 Å². The van der Waals surface area contributed by atoms with Gasteiger partial charge in [-0.25, -0.2) is 9.59 Å². The van der Waals surface area contributed by atoms with Gasteiger partial charge < -0.3 is 14.2 Å². The molecule has 0 bridgehead atoms. The minimum atomic E-state index is -0.395. The molecule has 1 aliphatic carbocycles. The molecule has 0 aliphatic heterocycles. The summed E-state index contributed by atoms with van der Waals surface area (Å²) in [5, 5.41) is 0. The summed E-state index contributed by atoms with van der Waals surface area (Å²) in [7, 11) is 4.06. The van der Waals surface area contributed by atoms with Crippen LogP contribution in [0.3, 0.4) is 0 Å². The molecule has 2 atom stereocenters. The summed E-state index contributed by atoms with van der Waals surface area (Å²) in [6.07, 6.45) is 0.773. The fourth-order valence-electron chi connectivity index (χ4n) is 3.77. The largest absolute Gasteiger partial charge is 0.469 e. The first-order valence-corrected chi connectivity index (χ1v) is 8.94. The molecular weight excluding hydrogens is 360 g/mol. The number of methoxy groups -OCH3 is 3. The van der Waals surface area contributed by atoms with E-state index in [4.69, 9.17) is 14.2 Å². The molecule has 1 aliphatic rings. The van der Waals surface area contributed by atoms with E-state index >= 15 is 0 Å². The summed E-state index contributed by atoms with van der Waals surface area (Å²) in [4.78, 5) is 35.6. The quantitative estimate of drug-likeness (QED) is 0.583. The minimum absolute atomic E-state index is 0.00410. The third kappa shape index (κ3) is 3.63. The Labute approximate surface area is 163 Å². The molecule has 0 saturated heterocycles. The van der Waals surface area contributed by atoms with Crippen molar-refractivity contribution >= 4 is 17.9 Å². The summed E-state index contributed by atoms with van der Waals surface area (Å²) < 4.78 is 14.5. The lowest BCUT2D eigenvalue weighted by molar-refractivity contribution is -0.150. The van der Waals surface area contributed by atoms with E-state index in [1.54, 1.807) is 24.3 Å². The van der Waals surface area contributed by atoms with E-state index in [9.17, 15) is 14.4 Å². The van der Waals surface area contributed by atoms with Crippen molar-refractivity contribution in [1.29, 1.82) is 0 Å². The molecule has 0 spiro atoms. The first-order chi connectivity index (χ1) is 13.5. The van der Waals surface area contributed by atoms with Crippen LogP contribution in [0.5, 0.6) is 0 Å². The maximum Gasteiger partial charge on any atom is 0.337 e. The number of benzene rings is 2. The molecule has 1 saturated carbocycles. The van der Waals surface area contributed by atoms with Gasteiger partial charge in [-0.15, -0.1) is 0 Å². The smallest absolute Gasteiger partial charge is 0.337 e. The normalized spacial score (nSPS) is 20.6. The van der Waals surface area contributed by atoms with Crippen molar-refractivity contribution in [3.05, 3.63) is 70.8 Å². The van der Waals surface area contributed by atoms with Gasteiger partial charge in [0, 0.05) is 0 Å². The molecule has 3 rings (SSSR count). The van der Waals surface area contributed by atoms with E-state index < -0.39 is 11.9 Å². The highest BCUT2D eigenvalue weighted by molar-refractivity contribution is 5.90. The third-order valence-electron chi connectivity index (χ3n) is 5.37. The highest BCUT2D eigenvalue weighted by atomic mass is 16.5. The molecule has 146 valence electrons. The van der Waals surface area contributed by atoms with Crippen molar-refractivity contribution in [2.24, 2.45) is 5.92 Å². The van der Waals surface area contributed by atoms with Crippen LogP contribution in [0, 0.1) is 5.92 Å². The van der Waals surface area contributed by atoms with Gasteiger partial charge in [-0.1, -0.05) is 24.3 Å². The molecule has 1 fully saturated rings. The molecule has 2 aromatic carbocycles. The van der Waals surface area contributed by atoms with Gasteiger partial charge in [-0.05, 0) is 53.6 Å². The number of hydrogen-bond donors (Lipinski definition) is 0. The molecular formula is C22H22O6. The minimum Gasteiger partial charge on any atom is -0.469 e. The van der Waals surface area contributed by atoms with E-state index in [0.717, 1.165) is 17.5 Å². The van der Waals surface area contributed by atoms with Gasteiger partial charge in [0.1, 0.15) is 0 Å². The average molecular weight is 382 g/mol. The summed E-state index contributed by atoms with van der Waals surface area (Å²) in [6, 6.07) is 14.2. The lowest BCUT2D eigenvalue weighted by Gasteiger charge is -2.43. The van der Waals surface area contributed by atoms with Crippen molar-refractivity contribution in [3.8, 4) is 0 Å². The van der Waals surface area contributed by atoms with E-state index in [-0.39, 0.29) is 23.7 Å². The number of carbonyl (C=O) groups excluding carboxylic acids is 3. The summed E-state index contributed by atoms with van der Waals surface area (Å²) in [6.45, 7) is 0. The number of ether oxygens (including phenoxy) is 3. The first kappa shape index (κ1) is 19.6. The highest BCUT2D eigenvalue weighted by Gasteiger charge is 2.47. The second kappa shape index (κ2) is 8.25. The third-order valence-corrected chi connectivity index (χ3v) is 5.37. The Morgan fingerprint density at radius 3 is 1.39 bits per heavy atom. The molecule has 0 aromatic heterocycles. The maximum atomic E-state index is 12.4.